The summed E-state index contributed by atoms with van der Waals surface area (Å²) in [6.45, 7) is 0. The zero-order valence-electron chi connectivity index (χ0n) is 18.6. The van der Waals surface area contributed by atoms with Crippen molar-refractivity contribution in [3.05, 3.63) is 94.8 Å². The molecule has 34 heavy (non-hydrogen) atoms. The third-order valence-electron chi connectivity index (χ3n) is 6.35. The second-order valence-corrected chi connectivity index (χ2v) is 10.3. The van der Waals surface area contributed by atoms with Crippen LogP contribution in [-0.2, 0) is 10.0 Å². The van der Waals surface area contributed by atoms with Gasteiger partial charge in [-0.25, -0.2) is 17.8 Å². The molecule has 1 amide bonds. The van der Waals surface area contributed by atoms with Crippen molar-refractivity contribution in [3.8, 4) is 5.69 Å². The van der Waals surface area contributed by atoms with E-state index in [0.717, 1.165) is 36.9 Å². The molecule has 1 heterocycles. The van der Waals surface area contributed by atoms with Crippen LogP contribution in [0.4, 0.5) is 0 Å². The van der Waals surface area contributed by atoms with Crippen LogP contribution in [0, 0.1) is 0 Å². The predicted molar refractivity (Wildman–Crippen MR) is 131 cm³/mol. The van der Waals surface area contributed by atoms with Crippen LogP contribution in [0.1, 0.15) is 48.5 Å². The number of rotatable bonds is 5. The number of nitrogens with zero attached hydrogens (tertiary/aromatic N) is 2. The van der Waals surface area contributed by atoms with Crippen molar-refractivity contribution in [2.24, 2.45) is 0 Å². The van der Waals surface area contributed by atoms with Gasteiger partial charge in [0.1, 0.15) is 0 Å². The van der Waals surface area contributed by atoms with E-state index in [1.165, 1.54) is 24.6 Å². The molecule has 0 aliphatic heterocycles. The highest BCUT2D eigenvalue weighted by Gasteiger charge is 2.25. The standard InChI is InChI=1S/C26H25N3O4S/c30-25(27-34(32,33)22-14-8-3-9-15-22)19-16-17-24-23(18-19)26(31)29(21-12-6-2-7-13-21)28(24)20-10-4-1-5-11-20/h2-3,6-9,12-18,20H,1,4-5,10-11H2,(H,27,30). The average Bonchev–Trinajstić information content (AvgIpc) is 3.17. The third kappa shape index (κ3) is 4.05. The topological polar surface area (TPSA) is 90.2 Å². The quantitative estimate of drug-likeness (QED) is 0.463. The third-order valence-corrected chi connectivity index (χ3v) is 7.69. The Hall–Kier alpha value is -3.65. The van der Waals surface area contributed by atoms with Crippen molar-refractivity contribution >= 4 is 26.8 Å². The van der Waals surface area contributed by atoms with Crippen LogP contribution in [0.5, 0.6) is 0 Å². The fourth-order valence-corrected chi connectivity index (χ4v) is 5.70. The minimum atomic E-state index is -4.02. The van der Waals surface area contributed by atoms with Crippen molar-refractivity contribution < 1.29 is 13.2 Å². The minimum absolute atomic E-state index is 0.000636. The van der Waals surface area contributed by atoms with Crippen LogP contribution in [0.25, 0.3) is 16.6 Å². The molecule has 1 N–H and O–H groups in total. The number of benzene rings is 3. The van der Waals surface area contributed by atoms with Crippen LogP contribution in [0.3, 0.4) is 0 Å². The number of amides is 1. The van der Waals surface area contributed by atoms with E-state index in [4.69, 9.17) is 0 Å². The molecule has 174 valence electrons. The summed E-state index contributed by atoms with van der Waals surface area (Å²) >= 11 is 0. The molecule has 1 saturated carbocycles. The molecule has 0 atom stereocenters. The monoisotopic (exact) mass is 475 g/mol. The Morgan fingerprint density at radius 1 is 0.853 bits per heavy atom. The molecular weight excluding hydrogens is 450 g/mol. The van der Waals surface area contributed by atoms with Gasteiger partial charge in [-0.05, 0) is 55.3 Å². The highest BCUT2D eigenvalue weighted by atomic mass is 32.2. The van der Waals surface area contributed by atoms with Crippen molar-refractivity contribution in [2.75, 3.05) is 0 Å². The largest absolute Gasteiger partial charge is 0.279 e. The van der Waals surface area contributed by atoms with Gasteiger partial charge in [-0.2, -0.15) is 0 Å². The van der Waals surface area contributed by atoms with Gasteiger partial charge in [0, 0.05) is 5.56 Å². The van der Waals surface area contributed by atoms with E-state index in [1.807, 2.05) is 30.3 Å². The Bertz CT molecular complexity index is 1500. The van der Waals surface area contributed by atoms with Crippen molar-refractivity contribution in [1.82, 2.24) is 14.1 Å². The van der Waals surface area contributed by atoms with Gasteiger partial charge >= 0.3 is 0 Å². The molecule has 5 rings (SSSR count). The Balaban J connectivity index is 1.59. The zero-order chi connectivity index (χ0) is 23.7. The molecule has 1 aliphatic rings. The molecule has 3 aromatic carbocycles. The van der Waals surface area contributed by atoms with E-state index in [1.54, 1.807) is 35.0 Å². The molecule has 0 saturated heterocycles. The molecule has 0 bridgehead atoms. The Kier molecular flexibility index (Phi) is 5.83. The molecule has 8 heteroatoms. The van der Waals surface area contributed by atoms with Gasteiger partial charge in [0.15, 0.2) is 0 Å². The lowest BCUT2D eigenvalue weighted by molar-refractivity contribution is 0.0981. The summed E-state index contributed by atoms with van der Waals surface area (Å²) in [7, 11) is -4.02. The summed E-state index contributed by atoms with van der Waals surface area (Å²) in [5.41, 5.74) is 1.38. The Morgan fingerprint density at radius 3 is 2.18 bits per heavy atom. The Labute approximate surface area is 197 Å². The summed E-state index contributed by atoms with van der Waals surface area (Å²) in [5.74, 6) is -0.776. The lowest BCUT2D eigenvalue weighted by Gasteiger charge is -2.26. The smallest absolute Gasteiger partial charge is 0.274 e. The van der Waals surface area contributed by atoms with E-state index < -0.39 is 15.9 Å². The minimum Gasteiger partial charge on any atom is -0.274 e. The maximum atomic E-state index is 13.6. The van der Waals surface area contributed by atoms with E-state index in [-0.39, 0.29) is 22.1 Å². The molecular formula is C26H25N3O4S. The summed E-state index contributed by atoms with van der Waals surface area (Å²) in [5, 5.41) is 0.388. The predicted octanol–water partition coefficient (Wildman–Crippen LogP) is 4.42. The molecule has 1 fully saturated rings. The zero-order valence-corrected chi connectivity index (χ0v) is 19.4. The van der Waals surface area contributed by atoms with Gasteiger partial charge in [0.2, 0.25) is 0 Å². The number of hydrogen-bond donors (Lipinski definition) is 1. The normalized spacial score (nSPS) is 14.8. The number of nitrogens with one attached hydrogen (secondary N) is 1. The molecule has 7 nitrogen and oxygen atoms in total. The second-order valence-electron chi connectivity index (χ2n) is 8.57. The SMILES string of the molecule is O=C(NS(=O)(=O)c1ccccc1)c1ccc2c(c1)c(=O)n(-c1ccccc1)n2C1CCCCC1. The van der Waals surface area contributed by atoms with Crippen molar-refractivity contribution in [3.63, 3.8) is 0 Å². The second kappa shape index (κ2) is 8.95. The van der Waals surface area contributed by atoms with Crippen LogP contribution in [-0.4, -0.2) is 23.7 Å². The number of para-hydroxylation sites is 1. The fraction of sp³-hybridized carbons (Fsp3) is 0.231. The summed E-state index contributed by atoms with van der Waals surface area (Å²) in [6, 6.07) is 22.2. The first-order valence-electron chi connectivity index (χ1n) is 11.4. The van der Waals surface area contributed by atoms with Crippen molar-refractivity contribution in [1.29, 1.82) is 0 Å². The van der Waals surface area contributed by atoms with Crippen LogP contribution < -0.4 is 10.3 Å². The molecule has 1 aromatic heterocycles. The van der Waals surface area contributed by atoms with Crippen LogP contribution in [0.15, 0.2) is 88.6 Å². The molecule has 0 unspecified atom stereocenters. The number of aromatic nitrogens is 2. The molecule has 1 aliphatic carbocycles. The highest BCUT2D eigenvalue weighted by Crippen LogP contribution is 2.31. The van der Waals surface area contributed by atoms with Gasteiger partial charge in [-0.3, -0.25) is 14.3 Å². The molecule has 4 aromatic rings. The number of fused-ring (bicyclic) bond motifs is 1. The Morgan fingerprint density at radius 2 is 1.50 bits per heavy atom. The number of carbonyl (C=O) groups excluding carboxylic acids is 1. The lowest BCUT2D eigenvalue weighted by Crippen LogP contribution is -2.30. The maximum absolute atomic E-state index is 13.6. The first kappa shape index (κ1) is 22.2. The average molecular weight is 476 g/mol. The molecule has 0 radical (unpaired) electrons. The summed E-state index contributed by atoms with van der Waals surface area (Å²) < 4.78 is 31.0. The van der Waals surface area contributed by atoms with Gasteiger partial charge in [-0.15, -0.1) is 0 Å². The number of hydrogen-bond acceptors (Lipinski definition) is 4. The van der Waals surface area contributed by atoms with Crippen LogP contribution in [0.2, 0.25) is 0 Å². The van der Waals surface area contributed by atoms with Gasteiger partial charge < -0.3 is 0 Å². The lowest BCUT2D eigenvalue weighted by atomic mass is 9.95. The molecule has 0 spiro atoms. The van der Waals surface area contributed by atoms with Crippen molar-refractivity contribution in [2.45, 2.75) is 43.0 Å². The van der Waals surface area contributed by atoms with E-state index in [0.29, 0.717) is 5.39 Å². The van der Waals surface area contributed by atoms with E-state index >= 15 is 0 Å². The van der Waals surface area contributed by atoms with Crippen LogP contribution >= 0.6 is 0 Å². The number of carbonyl (C=O) groups is 1. The van der Waals surface area contributed by atoms with Gasteiger partial charge in [0.25, 0.3) is 21.5 Å². The van der Waals surface area contributed by atoms with E-state index in [2.05, 4.69) is 9.40 Å². The van der Waals surface area contributed by atoms with Gasteiger partial charge in [-0.1, -0.05) is 55.7 Å². The maximum Gasteiger partial charge on any atom is 0.279 e. The first-order chi connectivity index (χ1) is 16.5. The van der Waals surface area contributed by atoms with E-state index in [9.17, 15) is 18.0 Å². The summed E-state index contributed by atoms with van der Waals surface area (Å²) in [6.07, 6.45) is 5.35. The summed E-state index contributed by atoms with van der Waals surface area (Å²) in [4.78, 5) is 26.4. The highest BCUT2D eigenvalue weighted by molar-refractivity contribution is 7.90. The number of sulfonamides is 1. The fourth-order valence-electron chi connectivity index (χ4n) is 4.70. The van der Waals surface area contributed by atoms with Gasteiger partial charge in [0.05, 0.1) is 27.5 Å². The first-order valence-corrected chi connectivity index (χ1v) is 12.9.